The summed E-state index contributed by atoms with van der Waals surface area (Å²) in [7, 11) is 0. The Balaban J connectivity index is 2.27. The number of carbonyl (C=O) groups is 3. The predicted octanol–water partition coefficient (Wildman–Crippen LogP) is 4.28. The van der Waals surface area contributed by atoms with Gasteiger partial charge in [-0.1, -0.05) is 55.4 Å². The van der Waals surface area contributed by atoms with Crippen molar-refractivity contribution in [3.8, 4) is 0 Å². The van der Waals surface area contributed by atoms with E-state index in [1.807, 2.05) is 37.3 Å². The van der Waals surface area contributed by atoms with Gasteiger partial charge < -0.3 is 10.1 Å². The second-order valence-electron chi connectivity index (χ2n) is 6.86. The quantitative estimate of drug-likeness (QED) is 0.440. The van der Waals surface area contributed by atoms with Crippen LogP contribution in [0.1, 0.15) is 32.3 Å². The molecule has 2 rings (SSSR count). The number of nitrogens with zero attached hydrogens (tertiary/aromatic N) is 1. The number of halogens is 1. The number of ether oxygens (including phenoxy) is 1. The lowest BCUT2D eigenvalue weighted by Crippen LogP contribution is -2.50. The minimum Gasteiger partial charge on any atom is -0.466 e. The van der Waals surface area contributed by atoms with Gasteiger partial charge in [-0.3, -0.25) is 19.3 Å². The Labute approximate surface area is 187 Å². The Bertz CT molecular complexity index is 913. The molecule has 0 aromatic heterocycles. The average Bonchev–Trinajstić information content (AvgIpc) is 2.77. The van der Waals surface area contributed by atoms with Crippen molar-refractivity contribution in [1.82, 2.24) is 5.32 Å². The van der Waals surface area contributed by atoms with Crippen LogP contribution in [0.4, 0.5) is 5.69 Å². The fourth-order valence-electron chi connectivity index (χ4n) is 3.06. The molecule has 0 aliphatic heterocycles. The number of anilines is 1. The maximum atomic E-state index is 13.3. The number of carbonyl (C=O) groups excluding carboxylic acids is 3. The number of hydrogen-bond donors (Lipinski definition) is 1. The molecule has 1 N–H and O–H groups in total. The van der Waals surface area contributed by atoms with Gasteiger partial charge in [0.25, 0.3) is 5.91 Å². The van der Waals surface area contributed by atoms with Crippen molar-refractivity contribution in [3.63, 3.8) is 0 Å². The minimum atomic E-state index is -0.795. The number of nitrogens with one attached hydrogen (secondary N) is 1. The van der Waals surface area contributed by atoms with E-state index in [1.54, 1.807) is 31.2 Å². The topological polar surface area (TPSA) is 75.7 Å². The molecule has 164 valence electrons. The highest BCUT2D eigenvalue weighted by molar-refractivity contribution is 6.30. The maximum absolute atomic E-state index is 13.3. The van der Waals surface area contributed by atoms with Crippen molar-refractivity contribution < 1.29 is 19.1 Å². The molecule has 0 heterocycles. The number of amides is 2. The van der Waals surface area contributed by atoms with Crippen LogP contribution < -0.4 is 10.2 Å². The summed E-state index contributed by atoms with van der Waals surface area (Å²) in [5, 5.41) is 3.39. The molecule has 1 atom stereocenters. The Kier molecular flexibility index (Phi) is 9.28. The molecule has 7 heteroatoms. The lowest BCUT2D eigenvalue weighted by atomic mass is 10.1. The van der Waals surface area contributed by atoms with E-state index in [9.17, 15) is 14.4 Å². The zero-order valence-corrected chi connectivity index (χ0v) is 18.5. The van der Waals surface area contributed by atoms with Crippen LogP contribution in [-0.4, -0.2) is 30.4 Å². The van der Waals surface area contributed by atoms with E-state index >= 15 is 0 Å². The molecule has 0 bridgehead atoms. The first kappa shape index (κ1) is 24.2. The summed E-state index contributed by atoms with van der Waals surface area (Å²) in [5.74, 6) is -1.37. The molecule has 0 saturated heterocycles. The summed E-state index contributed by atoms with van der Waals surface area (Å²) in [5.41, 5.74) is 1.48. The first-order chi connectivity index (χ1) is 14.9. The van der Waals surface area contributed by atoms with Crippen molar-refractivity contribution in [2.45, 2.75) is 39.3 Å². The third-order valence-corrected chi connectivity index (χ3v) is 4.85. The largest absolute Gasteiger partial charge is 0.466 e. The molecule has 0 aliphatic carbocycles. The van der Waals surface area contributed by atoms with Gasteiger partial charge in [0.1, 0.15) is 6.04 Å². The van der Waals surface area contributed by atoms with Crippen molar-refractivity contribution in [1.29, 1.82) is 0 Å². The smallest absolute Gasteiger partial charge is 0.310 e. The van der Waals surface area contributed by atoms with Crippen LogP contribution in [-0.2, 0) is 25.7 Å². The standard InChI is InChI=1S/C24H27ClN2O4/c1-4-21(23(29)26-16-18-9-7-6-8-10-18)27(20-13-11-19(25)12-14-20)24(30)17(3)15-22(28)31-5-2/h6-14,21H,3-5,15-16H2,1-2H3,(H,26,29). The highest BCUT2D eigenvalue weighted by Crippen LogP contribution is 2.24. The number of esters is 1. The van der Waals surface area contributed by atoms with Crippen LogP contribution in [0.5, 0.6) is 0 Å². The second-order valence-corrected chi connectivity index (χ2v) is 7.30. The molecular weight excluding hydrogens is 416 g/mol. The van der Waals surface area contributed by atoms with Crippen LogP contribution in [0.25, 0.3) is 0 Å². The lowest BCUT2D eigenvalue weighted by Gasteiger charge is -2.31. The van der Waals surface area contributed by atoms with Gasteiger partial charge in [0.15, 0.2) is 0 Å². The zero-order valence-electron chi connectivity index (χ0n) is 17.8. The third-order valence-electron chi connectivity index (χ3n) is 4.60. The summed E-state index contributed by atoms with van der Waals surface area (Å²) >= 11 is 5.99. The summed E-state index contributed by atoms with van der Waals surface area (Å²) < 4.78 is 4.92. The molecular formula is C24H27ClN2O4. The molecule has 0 saturated carbocycles. The molecule has 0 spiro atoms. The molecule has 31 heavy (non-hydrogen) atoms. The number of rotatable bonds is 10. The van der Waals surface area contributed by atoms with E-state index < -0.39 is 17.9 Å². The maximum Gasteiger partial charge on any atom is 0.310 e. The van der Waals surface area contributed by atoms with Crippen LogP contribution in [0, 0.1) is 0 Å². The first-order valence-electron chi connectivity index (χ1n) is 10.1. The van der Waals surface area contributed by atoms with Gasteiger partial charge in [0.2, 0.25) is 5.91 Å². The summed E-state index contributed by atoms with van der Waals surface area (Å²) in [6, 6.07) is 15.3. The van der Waals surface area contributed by atoms with E-state index in [4.69, 9.17) is 16.3 Å². The zero-order chi connectivity index (χ0) is 22.8. The van der Waals surface area contributed by atoms with E-state index in [2.05, 4.69) is 11.9 Å². The van der Waals surface area contributed by atoms with E-state index in [1.165, 1.54) is 4.90 Å². The fraction of sp³-hybridized carbons (Fsp3) is 0.292. The van der Waals surface area contributed by atoms with Crippen LogP contribution in [0.15, 0.2) is 66.7 Å². The number of benzene rings is 2. The Hall–Kier alpha value is -3.12. The average molecular weight is 443 g/mol. The molecule has 0 fully saturated rings. The Morgan fingerprint density at radius 3 is 2.29 bits per heavy atom. The van der Waals surface area contributed by atoms with E-state index in [0.29, 0.717) is 23.7 Å². The molecule has 2 aromatic rings. The van der Waals surface area contributed by atoms with Gasteiger partial charge in [-0.25, -0.2) is 0 Å². The normalized spacial score (nSPS) is 11.3. The molecule has 2 amide bonds. The Morgan fingerprint density at radius 2 is 1.71 bits per heavy atom. The lowest BCUT2D eigenvalue weighted by molar-refractivity contribution is -0.142. The van der Waals surface area contributed by atoms with Gasteiger partial charge in [-0.05, 0) is 43.2 Å². The van der Waals surface area contributed by atoms with Crippen molar-refractivity contribution in [3.05, 3.63) is 77.3 Å². The van der Waals surface area contributed by atoms with Gasteiger partial charge in [0, 0.05) is 22.8 Å². The SMILES string of the molecule is C=C(CC(=O)OCC)C(=O)N(c1ccc(Cl)cc1)C(CC)C(=O)NCc1ccccc1. The summed E-state index contributed by atoms with van der Waals surface area (Å²) in [6.45, 7) is 7.81. The summed E-state index contributed by atoms with van der Waals surface area (Å²) in [6.07, 6.45) is 0.112. The van der Waals surface area contributed by atoms with Crippen molar-refractivity contribution in [2.75, 3.05) is 11.5 Å². The Morgan fingerprint density at radius 1 is 1.06 bits per heavy atom. The van der Waals surface area contributed by atoms with Gasteiger partial charge in [0.05, 0.1) is 13.0 Å². The van der Waals surface area contributed by atoms with Crippen molar-refractivity contribution >= 4 is 35.1 Å². The van der Waals surface area contributed by atoms with Gasteiger partial charge >= 0.3 is 5.97 Å². The van der Waals surface area contributed by atoms with Crippen LogP contribution >= 0.6 is 11.6 Å². The summed E-state index contributed by atoms with van der Waals surface area (Å²) in [4.78, 5) is 39.5. The molecule has 0 aliphatic rings. The highest BCUT2D eigenvalue weighted by Gasteiger charge is 2.31. The van der Waals surface area contributed by atoms with E-state index in [0.717, 1.165) is 5.56 Å². The van der Waals surface area contributed by atoms with Gasteiger partial charge in [-0.2, -0.15) is 0 Å². The van der Waals surface area contributed by atoms with Crippen molar-refractivity contribution in [2.24, 2.45) is 0 Å². The third kappa shape index (κ3) is 6.96. The molecule has 2 aromatic carbocycles. The second kappa shape index (κ2) is 11.9. The van der Waals surface area contributed by atoms with Crippen LogP contribution in [0.2, 0.25) is 5.02 Å². The molecule has 1 unspecified atom stereocenters. The molecule has 0 radical (unpaired) electrons. The monoisotopic (exact) mass is 442 g/mol. The predicted molar refractivity (Wildman–Crippen MR) is 122 cm³/mol. The fourth-order valence-corrected chi connectivity index (χ4v) is 3.19. The number of hydrogen-bond acceptors (Lipinski definition) is 4. The molecule has 6 nitrogen and oxygen atoms in total. The first-order valence-corrected chi connectivity index (χ1v) is 10.5. The minimum absolute atomic E-state index is 0.0442. The highest BCUT2D eigenvalue weighted by atomic mass is 35.5. The van der Waals surface area contributed by atoms with E-state index in [-0.39, 0.29) is 24.5 Å². The van der Waals surface area contributed by atoms with Gasteiger partial charge in [-0.15, -0.1) is 0 Å². The van der Waals surface area contributed by atoms with Crippen LogP contribution in [0.3, 0.4) is 0 Å².